The van der Waals surface area contributed by atoms with Gasteiger partial charge in [0.05, 0.1) is 5.69 Å². The van der Waals surface area contributed by atoms with Crippen molar-refractivity contribution in [1.82, 2.24) is 0 Å². The molecule has 0 saturated heterocycles. The number of aryl methyl sites for hydroxylation is 1. The standard InChI is InChI=1S/C33H35N/c1-22-14-13-18-25(24-15-9-8-10-16-24)31(22)34(32(3,4)5)29-21-20-28-30(23(29)2)26-17-11-12-19-27(26)33(28,6)7/h8-21H,1-7H3. The number of anilines is 2. The van der Waals surface area contributed by atoms with Crippen LogP contribution < -0.4 is 4.90 Å². The van der Waals surface area contributed by atoms with E-state index in [0.717, 1.165) is 0 Å². The van der Waals surface area contributed by atoms with Crippen LogP contribution in [0.15, 0.2) is 84.9 Å². The quantitative estimate of drug-likeness (QED) is 0.304. The van der Waals surface area contributed by atoms with E-state index < -0.39 is 0 Å². The molecular weight excluding hydrogens is 410 g/mol. The Morgan fingerprint density at radius 3 is 2.00 bits per heavy atom. The molecule has 0 aromatic heterocycles. The summed E-state index contributed by atoms with van der Waals surface area (Å²) in [5.41, 5.74) is 13.3. The molecule has 0 bridgehead atoms. The molecule has 0 N–H and O–H groups in total. The lowest BCUT2D eigenvalue weighted by atomic mass is 9.82. The van der Waals surface area contributed by atoms with Crippen molar-refractivity contribution in [3.8, 4) is 22.3 Å². The van der Waals surface area contributed by atoms with Gasteiger partial charge >= 0.3 is 0 Å². The minimum absolute atomic E-state index is 0.0135. The zero-order valence-electron chi connectivity index (χ0n) is 21.5. The van der Waals surface area contributed by atoms with Crippen LogP contribution in [0.3, 0.4) is 0 Å². The average molecular weight is 446 g/mol. The SMILES string of the molecule is Cc1cccc(-c2ccccc2)c1N(c1ccc2c(c1C)-c1ccccc1C2(C)C)C(C)(C)C. The minimum atomic E-state index is -0.109. The summed E-state index contributed by atoms with van der Waals surface area (Å²) in [5.74, 6) is 0. The average Bonchev–Trinajstić information content (AvgIpc) is 3.04. The molecule has 0 spiro atoms. The Balaban J connectivity index is 1.80. The maximum absolute atomic E-state index is 2.56. The smallest absolute Gasteiger partial charge is 0.0525 e. The van der Waals surface area contributed by atoms with Crippen molar-refractivity contribution in [3.05, 3.63) is 107 Å². The van der Waals surface area contributed by atoms with E-state index in [1.807, 2.05) is 0 Å². The number of hydrogen-bond donors (Lipinski definition) is 0. The topological polar surface area (TPSA) is 3.24 Å². The molecule has 172 valence electrons. The summed E-state index contributed by atoms with van der Waals surface area (Å²) in [6.07, 6.45) is 0. The minimum Gasteiger partial charge on any atom is -0.335 e. The highest BCUT2D eigenvalue weighted by Crippen LogP contribution is 2.53. The highest BCUT2D eigenvalue weighted by molar-refractivity contribution is 5.91. The van der Waals surface area contributed by atoms with Crippen molar-refractivity contribution in [2.75, 3.05) is 4.90 Å². The van der Waals surface area contributed by atoms with Crippen LogP contribution in [0.2, 0.25) is 0 Å². The van der Waals surface area contributed by atoms with Crippen LogP contribution in [-0.4, -0.2) is 5.54 Å². The third-order valence-electron chi connectivity index (χ3n) is 7.44. The third kappa shape index (κ3) is 3.38. The second-order valence-electron chi connectivity index (χ2n) is 11.1. The van der Waals surface area contributed by atoms with Crippen LogP contribution in [0.1, 0.15) is 56.9 Å². The maximum Gasteiger partial charge on any atom is 0.0525 e. The fraction of sp³-hybridized carbons (Fsp3) is 0.273. The Hall–Kier alpha value is -3.32. The summed E-state index contributed by atoms with van der Waals surface area (Å²) < 4.78 is 0. The van der Waals surface area contributed by atoms with Crippen LogP contribution in [0.5, 0.6) is 0 Å². The predicted molar refractivity (Wildman–Crippen MR) is 147 cm³/mol. The number of rotatable bonds is 3. The molecule has 1 nitrogen and oxygen atoms in total. The number of nitrogens with zero attached hydrogens (tertiary/aromatic N) is 1. The fourth-order valence-electron chi connectivity index (χ4n) is 5.83. The molecule has 1 heteroatoms. The van der Waals surface area contributed by atoms with Gasteiger partial charge in [-0.3, -0.25) is 0 Å². The predicted octanol–water partition coefficient (Wildman–Crippen LogP) is 9.21. The van der Waals surface area contributed by atoms with Crippen LogP contribution >= 0.6 is 0 Å². The van der Waals surface area contributed by atoms with Crippen LogP contribution in [-0.2, 0) is 5.41 Å². The monoisotopic (exact) mass is 445 g/mol. The number of fused-ring (bicyclic) bond motifs is 3. The number of para-hydroxylation sites is 1. The lowest BCUT2D eigenvalue weighted by Gasteiger charge is -2.41. The van der Waals surface area contributed by atoms with Gasteiger partial charge in [0.15, 0.2) is 0 Å². The molecule has 0 atom stereocenters. The second-order valence-corrected chi connectivity index (χ2v) is 11.1. The van der Waals surface area contributed by atoms with Gasteiger partial charge in [0.25, 0.3) is 0 Å². The summed E-state index contributed by atoms with van der Waals surface area (Å²) in [4.78, 5) is 2.56. The first kappa shape index (κ1) is 22.5. The molecule has 0 radical (unpaired) electrons. The van der Waals surface area contributed by atoms with Gasteiger partial charge in [0.1, 0.15) is 0 Å². The normalized spacial score (nSPS) is 14.0. The summed E-state index contributed by atoms with van der Waals surface area (Å²) in [7, 11) is 0. The van der Waals surface area contributed by atoms with Crippen LogP contribution in [0.4, 0.5) is 11.4 Å². The van der Waals surface area contributed by atoms with Gasteiger partial charge in [-0.25, -0.2) is 0 Å². The molecule has 0 aliphatic heterocycles. The zero-order valence-corrected chi connectivity index (χ0v) is 21.5. The van der Waals surface area contributed by atoms with Crippen molar-refractivity contribution in [2.45, 2.75) is 59.4 Å². The van der Waals surface area contributed by atoms with Gasteiger partial charge < -0.3 is 4.90 Å². The van der Waals surface area contributed by atoms with E-state index in [1.165, 1.54) is 55.9 Å². The second kappa shape index (κ2) is 7.87. The Morgan fingerprint density at radius 1 is 0.647 bits per heavy atom. The number of hydrogen-bond acceptors (Lipinski definition) is 1. The molecule has 1 aliphatic rings. The molecule has 0 amide bonds. The van der Waals surface area contributed by atoms with E-state index in [-0.39, 0.29) is 11.0 Å². The molecule has 0 unspecified atom stereocenters. The van der Waals surface area contributed by atoms with E-state index in [9.17, 15) is 0 Å². The third-order valence-corrected chi connectivity index (χ3v) is 7.44. The van der Waals surface area contributed by atoms with Crippen molar-refractivity contribution in [1.29, 1.82) is 0 Å². The first-order valence-electron chi connectivity index (χ1n) is 12.3. The van der Waals surface area contributed by atoms with Gasteiger partial charge in [-0.05, 0) is 79.6 Å². The van der Waals surface area contributed by atoms with E-state index in [4.69, 9.17) is 0 Å². The molecule has 0 fully saturated rings. The molecule has 0 heterocycles. The molecule has 34 heavy (non-hydrogen) atoms. The first-order chi connectivity index (χ1) is 16.1. The molecule has 5 rings (SSSR count). The number of benzene rings is 4. The Bertz CT molecular complexity index is 1370. The summed E-state index contributed by atoms with van der Waals surface area (Å²) in [6.45, 7) is 16.2. The van der Waals surface area contributed by atoms with Gasteiger partial charge in [-0.2, -0.15) is 0 Å². The van der Waals surface area contributed by atoms with Crippen molar-refractivity contribution in [3.63, 3.8) is 0 Å². The van der Waals surface area contributed by atoms with Gasteiger partial charge in [-0.15, -0.1) is 0 Å². The van der Waals surface area contributed by atoms with Crippen LogP contribution in [0, 0.1) is 13.8 Å². The summed E-state index contributed by atoms with van der Waals surface area (Å²) in [6, 6.07) is 31.1. The molecular formula is C33H35N. The largest absolute Gasteiger partial charge is 0.335 e. The van der Waals surface area contributed by atoms with Crippen LogP contribution in [0.25, 0.3) is 22.3 Å². The summed E-state index contributed by atoms with van der Waals surface area (Å²) >= 11 is 0. The van der Waals surface area contributed by atoms with Crippen molar-refractivity contribution < 1.29 is 0 Å². The van der Waals surface area contributed by atoms with Gasteiger partial charge in [-0.1, -0.05) is 92.7 Å². The zero-order chi connectivity index (χ0) is 24.3. The highest BCUT2D eigenvalue weighted by Gasteiger charge is 2.38. The van der Waals surface area contributed by atoms with E-state index in [0.29, 0.717) is 0 Å². The highest BCUT2D eigenvalue weighted by atomic mass is 15.2. The summed E-state index contributed by atoms with van der Waals surface area (Å²) in [5, 5.41) is 0. The van der Waals surface area contributed by atoms with E-state index >= 15 is 0 Å². The maximum atomic E-state index is 2.56. The first-order valence-corrected chi connectivity index (χ1v) is 12.3. The van der Waals surface area contributed by atoms with Gasteiger partial charge in [0, 0.05) is 22.2 Å². The van der Waals surface area contributed by atoms with Crippen molar-refractivity contribution >= 4 is 11.4 Å². The molecule has 4 aromatic rings. The Morgan fingerprint density at radius 2 is 1.29 bits per heavy atom. The Labute approximate surface area is 205 Å². The lowest BCUT2D eigenvalue weighted by Crippen LogP contribution is -2.39. The molecule has 0 saturated carbocycles. The Kier molecular flexibility index (Phi) is 5.20. The van der Waals surface area contributed by atoms with E-state index in [1.54, 1.807) is 0 Å². The fourth-order valence-corrected chi connectivity index (χ4v) is 5.83. The van der Waals surface area contributed by atoms with E-state index in [2.05, 4.69) is 138 Å². The molecule has 4 aromatic carbocycles. The molecule has 1 aliphatic carbocycles. The lowest BCUT2D eigenvalue weighted by molar-refractivity contribution is 0.558. The van der Waals surface area contributed by atoms with Gasteiger partial charge in [0.2, 0.25) is 0 Å². The van der Waals surface area contributed by atoms with Crippen molar-refractivity contribution in [2.24, 2.45) is 0 Å².